The zero-order valence-corrected chi connectivity index (χ0v) is 10.8. The van der Waals surface area contributed by atoms with Gasteiger partial charge in [0.05, 0.1) is 6.10 Å². The van der Waals surface area contributed by atoms with E-state index in [1.165, 1.54) is 0 Å². The van der Waals surface area contributed by atoms with E-state index < -0.39 is 6.10 Å². The van der Waals surface area contributed by atoms with Crippen LogP contribution < -0.4 is 4.90 Å². The van der Waals surface area contributed by atoms with Gasteiger partial charge in [0, 0.05) is 44.9 Å². The monoisotopic (exact) mass is 249 g/mol. The summed E-state index contributed by atoms with van der Waals surface area (Å²) in [6.07, 6.45) is 1.21. The number of amides is 1. The van der Waals surface area contributed by atoms with Crippen LogP contribution in [-0.4, -0.2) is 47.1 Å². The number of hydrogen-bond acceptors (Lipinski definition) is 4. The molecule has 1 fully saturated rings. The number of anilines is 1. The lowest BCUT2D eigenvalue weighted by Gasteiger charge is -2.36. The minimum Gasteiger partial charge on any atom is -0.389 e. The van der Waals surface area contributed by atoms with E-state index in [9.17, 15) is 9.90 Å². The molecule has 5 nitrogen and oxygen atoms in total. The standard InChI is InChI=1S/C13H19N3O2/c1-10(17)12-4-3-5-14-13(12)16-8-6-15(7-9-16)11(2)18/h3-5,10,17H,6-9H2,1-2H3/t10-/m1/s1. The Balaban J connectivity index is 2.12. The Labute approximate surface area is 107 Å². The minimum atomic E-state index is -0.528. The summed E-state index contributed by atoms with van der Waals surface area (Å²) in [6, 6.07) is 3.72. The number of aliphatic hydroxyl groups is 1. The minimum absolute atomic E-state index is 0.117. The van der Waals surface area contributed by atoms with Gasteiger partial charge in [0.1, 0.15) is 5.82 Å². The summed E-state index contributed by atoms with van der Waals surface area (Å²) in [4.78, 5) is 19.6. The molecule has 1 saturated heterocycles. The number of rotatable bonds is 2. The molecule has 5 heteroatoms. The highest BCUT2D eigenvalue weighted by Gasteiger charge is 2.22. The third-order valence-electron chi connectivity index (χ3n) is 3.29. The summed E-state index contributed by atoms with van der Waals surface area (Å²) in [5.41, 5.74) is 0.841. The quantitative estimate of drug-likeness (QED) is 0.842. The predicted octanol–water partition coefficient (Wildman–Crippen LogP) is 0.803. The third kappa shape index (κ3) is 2.61. The van der Waals surface area contributed by atoms with E-state index in [1.54, 1.807) is 20.0 Å². The average Bonchev–Trinajstić information content (AvgIpc) is 2.39. The molecule has 1 aliphatic rings. The van der Waals surface area contributed by atoms with Gasteiger partial charge >= 0.3 is 0 Å². The molecule has 1 aromatic rings. The van der Waals surface area contributed by atoms with Gasteiger partial charge in [0.15, 0.2) is 0 Å². The number of aromatic nitrogens is 1. The molecule has 1 aromatic heterocycles. The molecular weight excluding hydrogens is 230 g/mol. The molecule has 1 atom stereocenters. The summed E-state index contributed by atoms with van der Waals surface area (Å²) in [7, 11) is 0. The molecule has 0 saturated carbocycles. The van der Waals surface area contributed by atoms with Crippen LogP contribution in [0.4, 0.5) is 5.82 Å². The topological polar surface area (TPSA) is 56.7 Å². The molecule has 0 bridgehead atoms. The van der Waals surface area contributed by atoms with E-state index in [0.29, 0.717) is 13.1 Å². The van der Waals surface area contributed by atoms with Crippen LogP contribution >= 0.6 is 0 Å². The molecule has 2 heterocycles. The summed E-state index contributed by atoms with van der Waals surface area (Å²) >= 11 is 0. The van der Waals surface area contributed by atoms with E-state index in [1.807, 2.05) is 17.0 Å². The van der Waals surface area contributed by atoms with Gasteiger partial charge in [-0.2, -0.15) is 0 Å². The van der Waals surface area contributed by atoms with E-state index in [0.717, 1.165) is 24.5 Å². The van der Waals surface area contributed by atoms with Gasteiger partial charge in [-0.25, -0.2) is 4.98 Å². The van der Waals surface area contributed by atoms with Gasteiger partial charge in [-0.3, -0.25) is 4.79 Å². The van der Waals surface area contributed by atoms with Gasteiger partial charge in [0.2, 0.25) is 5.91 Å². The lowest BCUT2D eigenvalue weighted by molar-refractivity contribution is -0.129. The second-order valence-corrected chi connectivity index (χ2v) is 4.59. The summed E-state index contributed by atoms with van der Waals surface area (Å²) < 4.78 is 0. The summed E-state index contributed by atoms with van der Waals surface area (Å²) in [6.45, 7) is 6.28. The van der Waals surface area contributed by atoms with Crippen LogP contribution in [0.1, 0.15) is 25.5 Å². The van der Waals surface area contributed by atoms with Crippen molar-refractivity contribution in [2.75, 3.05) is 31.1 Å². The number of carbonyl (C=O) groups is 1. The number of hydrogen-bond donors (Lipinski definition) is 1. The summed E-state index contributed by atoms with van der Waals surface area (Å²) in [5.74, 6) is 0.946. The molecule has 1 amide bonds. The SMILES string of the molecule is CC(=O)N1CCN(c2ncccc2[C@@H](C)O)CC1. The predicted molar refractivity (Wildman–Crippen MR) is 69.3 cm³/mol. The molecule has 0 aliphatic carbocycles. The largest absolute Gasteiger partial charge is 0.389 e. The lowest BCUT2D eigenvalue weighted by atomic mass is 10.1. The van der Waals surface area contributed by atoms with Crippen molar-refractivity contribution in [3.63, 3.8) is 0 Å². The lowest BCUT2D eigenvalue weighted by Crippen LogP contribution is -2.48. The van der Waals surface area contributed by atoms with Crippen molar-refractivity contribution >= 4 is 11.7 Å². The smallest absolute Gasteiger partial charge is 0.219 e. The molecule has 1 aliphatic heterocycles. The van der Waals surface area contributed by atoms with Gasteiger partial charge in [-0.15, -0.1) is 0 Å². The average molecular weight is 249 g/mol. The van der Waals surface area contributed by atoms with E-state index in [2.05, 4.69) is 9.88 Å². The maximum absolute atomic E-state index is 11.3. The highest BCUT2D eigenvalue weighted by atomic mass is 16.3. The van der Waals surface area contributed by atoms with Crippen molar-refractivity contribution in [3.8, 4) is 0 Å². The van der Waals surface area contributed by atoms with Gasteiger partial charge in [-0.1, -0.05) is 6.07 Å². The van der Waals surface area contributed by atoms with Crippen LogP contribution in [0.15, 0.2) is 18.3 Å². The van der Waals surface area contributed by atoms with Crippen LogP contribution in [0.2, 0.25) is 0 Å². The first-order valence-corrected chi connectivity index (χ1v) is 6.23. The Hall–Kier alpha value is -1.62. The van der Waals surface area contributed by atoms with Crippen LogP contribution in [0.3, 0.4) is 0 Å². The van der Waals surface area contributed by atoms with Crippen LogP contribution in [0.5, 0.6) is 0 Å². The zero-order valence-electron chi connectivity index (χ0n) is 10.8. The Morgan fingerprint density at radius 3 is 2.61 bits per heavy atom. The normalized spacial score (nSPS) is 17.7. The van der Waals surface area contributed by atoms with Gasteiger partial charge in [-0.05, 0) is 13.0 Å². The van der Waals surface area contributed by atoms with Crippen molar-refractivity contribution < 1.29 is 9.90 Å². The fourth-order valence-corrected chi connectivity index (χ4v) is 2.23. The van der Waals surface area contributed by atoms with Crippen molar-refractivity contribution in [2.45, 2.75) is 20.0 Å². The van der Waals surface area contributed by atoms with Crippen molar-refractivity contribution in [1.82, 2.24) is 9.88 Å². The molecule has 0 aromatic carbocycles. The first-order chi connectivity index (χ1) is 8.59. The molecule has 18 heavy (non-hydrogen) atoms. The fraction of sp³-hybridized carbons (Fsp3) is 0.538. The first-order valence-electron chi connectivity index (χ1n) is 6.23. The Morgan fingerprint density at radius 2 is 2.06 bits per heavy atom. The molecule has 0 spiro atoms. The highest BCUT2D eigenvalue weighted by molar-refractivity contribution is 5.73. The molecular formula is C13H19N3O2. The second kappa shape index (κ2) is 5.35. The van der Waals surface area contributed by atoms with Crippen molar-refractivity contribution in [2.24, 2.45) is 0 Å². The number of aliphatic hydroxyl groups excluding tert-OH is 1. The maximum Gasteiger partial charge on any atom is 0.219 e. The van der Waals surface area contributed by atoms with Crippen LogP contribution in [-0.2, 0) is 4.79 Å². The zero-order chi connectivity index (χ0) is 13.1. The molecule has 0 unspecified atom stereocenters. The number of pyridine rings is 1. The third-order valence-corrected chi connectivity index (χ3v) is 3.29. The maximum atomic E-state index is 11.3. The van der Waals surface area contributed by atoms with E-state index >= 15 is 0 Å². The van der Waals surface area contributed by atoms with Crippen molar-refractivity contribution in [3.05, 3.63) is 23.9 Å². The Bertz CT molecular complexity index is 426. The Kier molecular flexibility index (Phi) is 3.81. The van der Waals surface area contributed by atoms with Crippen molar-refractivity contribution in [1.29, 1.82) is 0 Å². The number of carbonyl (C=O) groups excluding carboxylic acids is 1. The second-order valence-electron chi connectivity index (χ2n) is 4.59. The van der Waals surface area contributed by atoms with Gasteiger partial charge in [0.25, 0.3) is 0 Å². The molecule has 1 N–H and O–H groups in total. The summed E-state index contributed by atoms with van der Waals surface area (Å²) in [5, 5.41) is 9.74. The highest BCUT2D eigenvalue weighted by Crippen LogP contribution is 2.24. The number of piperazine rings is 1. The van der Waals surface area contributed by atoms with E-state index in [-0.39, 0.29) is 5.91 Å². The molecule has 0 radical (unpaired) electrons. The molecule has 98 valence electrons. The van der Waals surface area contributed by atoms with E-state index in [4.69, 9.17) is 0 Å². The number of nitrogens with zero attached hydrogens (tertiary/aromatic N) is 3. The first kappa shape index (κ1) is 12.8. The fourth-order valence-electron chi connectivity index (χ4n) is 2.23. The molecule has 2 rings (SSSR count). The Morgan fingerprint density at radius 1 is 1.39 bits per heavy atom. The van der Waals surface area contributed by atoms with Gasteiger partial charge < -0.3 is 14.9 Å². The van der Waals surface area contributed by atoms with Crippen LogP contribution in [0, 0.1) is 0 Å². The van der Waals surface area contributed by atoms with Crippen LogP contribution in [0.25, 0.3) is 0 Å².